The van der Waals surface area contributed by atoms with Crippen molar-refractivity contribution in [1.29, 1.82) is 0 Å². The van der Waals surface area contributed by atoms with Gasteiger partial charge in [-0.3, -0.25) is 19.2 Å². The van der Waals surface area contributed by atoms with Crippen LogP contribution in [0, 0.1) is 27.7 Å². The number of ether oxygens (including phenoxy) is 2. The van der Waals surface area contributed by atoms with Gasteiger partial charge >= 0.3 is 43.2 Å². The minimum Gasteiger partial charge on any atom is -0.506 e. The Morgan fingerprint density at radius 2 is 0.865 bits per heavy atom. The lowest BCUT2D eigenvalue weighted by atomic mass is 10.0. The number of nitrogens with two attached hydrogens (primary N) is 2. The summed E-state index contributed by atoms with van der Waals surface area (Å²) in [7, 11) is -10.5. The summed E-state index contributed by atoms with van der Waals surface area (Å²) in [4.78, 5) is 98.5. The molecule has 4 heterocycles. The van der Waals surface area contributed by atoms with E-state index in [-0.39, 0.29) is 47.7 Å². The molecule has 0 unspecified atom stereocenters. The first kappa shape index (κ1) is 92.7. The zero-order valence-corrected chi connectivity index (χ0v) is 64.5. The van der Waals surface area contributed by atoms with E-state index in [2.05, 4.69) is 99.1 Å². The molecule has 6 aromatic carbocycles. The number of alkyl carbamates (subject to hydrolysis) is 2. The van der Waals surface area contributed by atoms with E-state index in [0.717, 1.165) is 73.5 Å². The van der Waals surface area contributed by atoms with Crippen LogP contribution in [-0.4, -0.2) is 153 Å². The van der Waals surface area contributed by atoms with E-state index in [1.165, 1.54) is 37.5 Å². The van der Waals surface area contributed by atoms with Gasteiger partial charge in [0.15, 0.2) is 5.78 Å². The SMILES string of the molecule is C=C(C)CNC(=O)OC(C)(C)C.C=C(CNC(=O)OC(C)(C)C)c1cccc2c(C(=O)NC)ncnc12.CC(=O)c1cccc(O)c1N.CNC(=O)c1ncnc2c(C)cccc12.Cc1ncnc2c(C)cccc12.Cc1ncnc2c(O)cccc12.NC=O.O=S(=O)(N(c1ccccc1)S(=O)(=O)C(F)(F)F)C(F)(F)F. The Morgan fingerprint density at radius 1 is 0.505 bits per heavy atom. The molecule has 0 aliphatic heterocycles. The Morgan fingerprint density at radius 3 is 1.27 bits per heavy atom. The van der Waals surface area contributed by atoms with E-state index >= 15 is 0 Å². The maximum absolute atomic E-state index is 12.4. The third-order valence-corrected chi connectivity index (χ3v) is 17.6. The van der Waals surface area contributed by atoms with Crippen LogP contribution in [-0.2, 0) is 34.3 Å². The predicted molar refractivity (Wildman–Crippen MR) is 410 cm³/mol. The van der Waals surface area contributed by atoms with Crippen molar-refractivity contribution in [3.8, 4) is 11.5 Å². The maximum atomic E-state index is 12.4. The van der Waals surface area contributed by atoms with Crippen LogP contribution in [0.4, 0.5) is 47.3 Å². The number of sulfonamides is 2. The summed E-state index contributed by atoms with van der Waals surface area (Å²) in [5.41, 5.74) is 5.61. The van der Waals surface area contributed by atoms with E-state index in [4.69, 9.17) is 25.1 Å². The number of nitrogen functional groups attached to an aromatic ring is 1. The fraction of sp³-hybridized carbons (Fsp3) is 0.270. The monoisotopic (exact) mass is 1590 g/mol. The van der Waals surface area contributed by atoms with Crippen LogP contribution < -0.4 is 36.4 Å². The van der Waals surface area contributed by atoms with Crippen LogP contribution in [0.1, 0.15) is 115 Å². The number of amides is 5. The number of alkyl halides is 6. The number of carbonyl (C=O) groups is 6. The summed E-state index contributed by atoms with van der Waals surface area (Å²) in [5.74, 6) is -0.454. The smallest absolute Gasteiger partial charge is 0.506 e. The van der Waals surface area contributed by atoms with Gasteiger partial charge in [0, 0.05) is 71.2 Å². The number of carbonyl (C=O) groups excluding carboxylic acids is 6. The highest BCUT2D eigenvalue weighted by molar-refractivity contribution is 8.11. The summed E-state index contributed by atoms with van der Waals surface area (Å²) in [6.07, 6.45) is 5.16. The molecule has 0 saturated carbocycles. The molecule has 594 valence electrons. The summed E-state index contributed by atoms with van der Waals surface area (Å²) < 4.78 is 128. The number of nitrogens with one attached hydrogen (secondary N) is 4. The number of nitrogens with zero attached hydrogens (tertiary/aromatic N) is 9. The number of anilines is 2. The number of hydrogen-bond donors (Lipinski definition) is 8. The molecule has 0 radical (unpaired) electrons. The van der Waals surface area contributed by atoms with Crippen LogP contribution in [0.2, 0.25) is 0 Å². The lowest BCUT2D eigenvalue weighted by molar-refractivity contribution is -0.107. The number of hydrogen-bond acceptors (Lipinski definition) is 23. The molecule has 5 amide bonds. The molecule has 4 aromatic heterocycles. The first-order chi connectivity index (χ1) is 51.6. The molecule has 0 bridgehead atoms. The maximum Gasteiger partial charge on any atom is 0.517 e. The van der Waals surface area contributed by atoms with Gasteiger partial charge in [0.05, 0.1) is 27.9 Å². The number of phenols is 2. The first-order valence-corrected chi connectivity index (χ1v) is 35.4. The molecule has 0 atom stereocenters. The summed E-state index contributed by atoms with van der Waals surface area (Å²) >= 11 is 0. The number of aromatic hydroxyl groups is 2. The molecule has 37 heteroatoms. The van der Waals surface area contributed by atoms with Crippen molar-refractivity contribution in [2.24, 2.45) is 5.73 Å². The van der Waals surface area contributed by atoms with Crippen molar-refractivity contribution in [2.45, 2.75) is 105 Å². The van der Waals surface area contributed by atoms with Crippen LogP contribution in [0.15, 0.2) is 165 Å². The fourth-order valence-corrected chi connectivity index (χ4v) is 11.6. The standard InChI is InChI=1S/C18H22N4O3.C11H11N3O.C10H10N2.C9H8N2O.C9H17NO2.C8H5F6NO4S2.C8H9NO2.CH3NO/c1-11(9-20-17(24)25-18(2,3)4)12-7-6-8-13-14(12)21-10-22-15(13)16(23)19-5;1-7-4-3-5-8-9(7)13-6-14-10(8)11(15)12-2;1-7-4-3-5-9-8(2)11-6-12-10(7)9;1-6-7-3-2-4-8(12)9(7)11-5-10-6;1-7(2)6-10-8(11)12-9(3,4)5;9-7(10,11)20(16,17)15(6-4-2-1-3-5-6)21(18,19)8(12,13)14;1-5(10)6-3-2-4-7(11)8(6)9;2-1-3/h6-8,10H,1,9H2,2-5H3,(H,19,23)(H,20,24);3-6H,1-2H3,(H,12,15);3-6H,1-2H3;2-5,12H,1H3;1,6H2,2-5H3,(H,10,11);1-5H;2-4,11H,9H2,1H3;1H,(H2,2,3). The Kier molecular flexibility index (Phi) is 34.3. The van der Waals surface area contributed by atoms with Crippen molar-refractivity contribution in [3.05, 3.63) is 210 Å². The quantitative estimate of drug-likeness (QED) is 0.0149. The van der Waals surface area contributed by atoms with E-state index in [0.29, 0.717) is 57.6 Å². The lowest BCUT2D eigenvalue weighted by Gasteiger charge is -2.25. The molecule has 0 spiro atoms. The number of aryl methyl sites for hydroxylation is 4. The molecule has 0 fully saturated rings. The fourth-order valence-electron chi connectivity index (χ4n) is 8.90. The van der Waals surface area contributed by atoms with Crippen LogP contribution in [0.3, 0.4) is 0 Å². The summed E-state index contributed by atoms with van der Waals surface area (Å²) in [6, 6.07) is 31.0. The van der Waals surface area contributed by atoms with E-state index < -0.39 is 63.8 Å². The van der Waals surface area contributed by atoms with Crippen LogP contribution in [0.25, 0.3) is 49.2 Å². The zero-order valence-electron chi connectivity index (χ0n) is 62.8. The topological polar surface area (TPSA) is 436 Å². The van der Waals surface area contributed by atoms with Gasteiger partial charge < -0.3 is 52.4 Å². The van der Waals surface area contributed by atoms with Crippen molar-refractivity contribution in [2.75, 3.05) is 36.6 Å². The second kappa shape index (κ2) is 41.1. The van der Waals surface area contributed by atoms with Gasteiger partial charge in [-0.05, 0) is 130 Å². The molecule has 29 nitrogen and oxygen atoms in total. The average molecular weight is 1590 g/mol. The summed E-state index contributed by atoms with van der Waals surface area (Å²) in [6.45, 7) is 30.4. The molecule has 10 N–H and O–H groups in total. The number of rotatable bonds is 11. The van der Waals surface area contributed by atoms with Gasteiger partial charge in [0.25, 0.3) is 11.8 Å². The molecular formula is C74H85F6N15O14S2. The second-order valence-electron chi connectivity index (χ2n) is 25.0. The van der Waals surface area contributed by atoms with Gasteiger partial charge in [0.1, 0.15) is 64.9 Å². The van der Waals surface area contributed by atoms with E-state index in [1.807, 2.05) is 84.9 Å². The van der Waals surface area contributed by atoms with Crippen LogP contribution in [0.5, 0.6) is 11.5 Å². The first-order valence-electron chi connectivity index (χ1n) is 32.5. The predicted octanol–water partition coefficient (Wildman–Crippen LogP) is 12.3. The number of para-hydroxylation sites is 6. The molecule has 10 aromatic rings. The number of benzene rings is 6. The minimum atomic E-state index is -6.81. The molecule has 0 aliphatic carbocycles. The lowest BCUT2D eigenvalue weighted by Crippen LogP contribution is -2.49. The zero-order chi connectivity index (χ0) is 84.2. The number of halogens is 6. The van der Waals surface area contributed by atoms with Gasteiger partial charge in [-0.1, -0.05) is 110 Å². The third kappa shape index (κ3) is 27.6. The highest BCUT2D eigenvalue weighted by atomic mass is 32.3. The molecule has 0 aliphatic rings. The van der Waals surface area contributed by atoms with Crippen molar-refractivity contribution in [3.63, 3.8) is 0 Å². The molecule has 111 heavy (non-hydrogen) atoms. The highest BCUT2D eigenvalue weighted by Crippen LogP contribution is 2.39. The number of phenolic OH excluding ortho intramolecular Hbond substituents is 2. The average Bonchev–Trinajstić information content (AvgIpc) is 0.733. The van der Waals surface area contributed by atoms with Gasteiger partial charge in [0.2, 0.25) is 6.41 Å². The van der Waals surface area contributed by atoms with Crippen molar-refractivity contribution < 1.29 is 91.6 Å². The molecular weight excluding hydrogens is 1500 g/mol. The minimum absolute atomic E-state index is 0.0438. The second-order valence-corrected chi connectivity index (χ2v) is 28.8. The third-order valence-electron chi connectivity index (χ3n) is 13.9. The van der Waals surface area contributed by atoms with Crippen LogP contribution >= 0.6 is 0 Å². The Bertz CT molecular complexity index is 4980. The number of fused-ring (bicyclic) bond motifs is 4. The van der Waals surface area contributed by atoms with Gasteiger partial charge in [-0.15, -0.1) is 3.71 Å². The number of primary amides is 1. The van der Waals surface area contributed by atoms with E-state index in [1.54, 1.807) is 77.6 Å². The molecule has 0 saturated heterocycles. The van der Waals surface area contributed by atoms with Gasteiger partial charge in [-0.25, -0.2) is 49.5 Å². The van der Waals surface area contributed by atoms with Crippen molar-refractivity contribution >= 4 is 117 Å². The van der Waals surface area contributed by atoms with Crippen molar-refractivity contribution in [1.82, 2.24) is 61.1 Å². The number of aromatic nitrogens is 8. The normalized spacial score (nSPS) is 11.0. The highest BCUT2D eigenvalue weighted by Gasteiger charge is 2.61. The molecule has 10 rings (SSSR count). The Labute approximate surface area is 636 Å². The number of Topliss-reactive ketones (excluding diaryl/α,β-unsaturated/α-hetero) is 1. The Balaban J connectivity index is 0.000000340. The Hall–Kier alpha value is -12.5. The largest absolute Gasteiger partial charge is 0.517 e. The van der Waals surface area contributed by atoms with E-state index in [9.17, 15) is 72.3 Å². The summed E-state index contributed by atoms with van der Waals surface area (Å²) in [5, 5.41) is 32.3. The number of ketones is 1. The van der Waals surface area contributed by atoms with Gasteiger partial charge in [-0.2, -0.15) is 43.2 Å².